The number of nitrogens with one attached hydrogen (secondary N) is 1. The van der Waals surface area contributed by atoms with E-state index in [0.717, 1.165) is 10.6 Å². The van der Waals surface area contributed by atoms with E-state index in [2.05, 4.69) is 5.32 Å². The number of halogens is 1. The minimum atomic E-state index is -3.75. The van der Waals surface area contributed by atoms with Crippen LogP contribution in [-0.4, -0.2) is 39.8 Å². The first-order chi connectivity index (χ1) is 13.7. The number of sulfonamides is 1. The minimum Gasteiger partial charge on any atom is -0.486 e. The molecule has 0 bridgehead atoms. The molecule has 0 fully saturated rings. The molecule has 0 saturated heterocycles. The average Bonchev–Trinajstić information content (AvgIpc) is 2.67. The van der Waals surface area contributed by atoms with Crippen molar-refractivity contribution in [3.63, 3.8) is 0 Å². The highest BCUT2D eigenvalue weighted by atomic mass is 35.5. The first-order valence-corrected chi connectivity index (χ1v) is 11.4. The Kier molecular flexibility index (Phi) is 6.24. The van der Waals surface area contributed by atoms with Crippen LogP contribution in [0.3, 0.4) is 0 Å². The fraction of sp³-hybridized carbons (Fsp3) is 0.350. The number of hydrogen-bond donors (Lipinski definition) is 1. The number of ether oxygens (including phenoxy) is 2. The summed E-state index contributed by atoms with van der Waals surface area (Å²) in [6.07, 6.45) is 1.35. The summed E-state index contributed by atoms with van der Waals surface area (Å²) in [5, 5.41) is 3.18. The molecule has 2 aromatic carbocycles. The highest BCUT2D eigenvalue weighted by Gasteiger charge is 2.32. The number of carbonyl (C=O) groups is 1. The van der Waals surface area contributed by atoms with Crippen molar-refractivity contribution >= 4 is 38.9 Å². The number of anilines is 2. The van der Waals surface area contributed by atoms with Gasteiger partial charge in [-0.1, -0.05) is 24.6 Å². The average molecular weight is 439 g/mol. The van der Waals surface area contributed by atoms with Gasteiger partial charge in [-0.2, -0.15) is 0 Å². The molecule has 1 aliphatic heterocycles. The molecule has 3 rings (SSSR count). The number of fused-ring (bicyclic) bond motifs is 1. The summed E-state index contributed by atoms with van der Waals surface area (Å²) < 4.78 is 37.4. The molecular weight excluding hydrogens is 416 g/mol. The standard InChI is InChI=1S/C20H23ClN2O5S/c1-4-16(23(29(3,25)26)17-11-14(21)6-5-13(17)2)20(24)22-15-7-8-18-19(12-15)28-10-9-27-18/h5-8,11-12,16H,4,9-10H2,1-3H3,(H,22,24)/t16-/m0/s1. The van der Waals surface area contributed by atoms with E-state index in [0.29, 0.717) is 46.7 Å². The van der Waals surface area contributed by atoms with Crippen LogP contribution < -0.4 is 19.1 Å². The molecular formula is C20H23ClN2O5S. The van der Waals surface area contributed by atoms with Crippen LogP contribution in [0.15, 0.2) is 36.4 Å². The number of nitrogens with zero attached hydrogens (tertiary/aromatic N) is 1. The molecule has 0 saturated carbocycles. The van der Waals surface area contributed by atoms with Crippen LogP contribution in [0, 0.1) is 6.92 Å². The number of carbonyl (C=O) groups excluding carboxylic acids is 1. The molecule has 1 heterocycles. The Hall–Kier alpha value is -2.45. The van der Waals surface area contributed by atoms with Crippen molar-refractivity contribution in [2.24, 2.45) is 0 Å². The minimum absolute atomic E-state index is 0.273. The lowest BCUT2D eigenvalue weighted by atomic mass is 10.1. The van der Waals surface area contributed by atoms with Crippen LogP contribution in [0.4, 0.5) is 11.4 Å². The maximum atomic E-state index is 13.0. The lowest BCUT2D eigenvalue weighted by Crippen LogP contribution is -2.47. The summed E-state index contributed by atoms with van der Waals surface area (Å²) in [5.41, 5.74) is 1.57. The number of amides is 1. The van der Waals surface area contributed by atoms with Gasteiger partial charge in [0.2, 0.25) is 15.9 Å². The van der Waals surface area contributed by atoms with Crippen molar-refractivity contribution < 1.29 is 22.7 Å². The Morgan fingerprint density at radius 2 is 1.86 bits per heavy atom. The quantitative estimate of drug-likeness (QED) is 0.744. The van der Waals surface area contributed by atoms with E-state index in [1.165, 1.54) is 0 Å². The van der Waals surface area contributed by atoms with Gasteiger partial charge in [-0.15, -0.1) is 0 Å². The number of rotatable bonds is 6. The smallest absolute Gasteiger partial charge is 0.248 e. The summed E-state index contributed by atoms with van der Waals surface area (Å²) in [4.78, 5) is 13.0. The molecule has 7 nitrogen and oxygen atoms in total. The van der Waals surface area contributed by atoms with Crippen LogP contribution in [-0.2, 0) is 14.8 Å². The predicted octanol–water partition coefficient (Wildman–Crippen LogP) is 3.60. The maximum Gasteiger partial charge on any atom is 0.248 e. The van der Waals surface area contributed by atoms with Crippen LogP contribution in [0.2, 0.25) is 5.02 Å². The second-order valence-electron chi connectivity index (χ2n) is 6.76. The van der Waals surface area contributed by atoms with Crippen LogP contribution in [0.25, 0.3) is 0 Å². The van der Waals surface area contributed by atoms with Gasteiger partial charge < -0.3 is 14.8 Å². The Morgan fingerprint density at radius 3 is 2.52 bits per heavy atom. The van der Waals surface area contributed by atoms with Gasteiger partial charge in [-0.25, -0.2) is 8.42 Å². The molecule has 0 radical (unpaired) electrons. The van der Waals surface area contributed by atoms with E-state index in [9.17, 15) is 13.2 Å². The van der Waals surface area contributed by atoms with Gasteiger partial charge >= 0.3 is 0 Å². The van der Waals surface area contributed by atoms with Gasteiger partial charge in [-0.3, -0.25) is 9.10 Å². The summed E-state index contributed by atoms with van der Waals surface area (Å²) in [7, 11) is -3.75. The fourth-order valence-corrected chi connectivity index (χ4v) is 4.63. The zero-order valence-corrected chi connectivity index (χ0v) is 18.0. The summed E-state index contributed by atoms with van der Waals surface area (Å²) in [6, 6.07) is 9.06. The molecule has 1 N–H and O–H groups in total. The van der Waals surface area contributed by atoms with Crippen molar-refractivity contribution in [3.8, 4) is 11.5 Å². The van der Waals surface area contributed by atoms with Crippen molar-refractivity contribution in [2.45, 2.75) is 26.3 Å². The molecule has 0 unspecified atom stereocenters. The molecule has 29 heavy (non-hydrogen) atoms. The summed E-state index contributed by atoms with van der Waals surface area (Å²) >= 11 is 6.09. The van der Waals surface area contributed by atoms with Crippen molar-refractivity contribution in [3.05, 3.63) is 47.0 Å². The predicted molar refractivity (Wildman–Crippen MR) is 114 cm³/mol. The lowest BCUT2D eigenvalue weighted by Gasteiger charge is -2.31. The molecule has 1 amide bonds. The highest BCUT2D eigenvalue weighted by Crippen LogP contribution is 2.33. The third-order valence-electron chi connectivity index (χ3n) is 4.55. The lowest BCUT2D eigenvalue weighted by molar-refractivity contribution is -0.117. The molecule has 156 valence electrons. The Bertz CT molecular complexity index is 1030. The molecule has 0 aliphatic carbocycles. The Labute approximate surface area is 175 Å². The summed E-state index contributed by atoms with van der Waals surface area (Å²) in [5.74, 6) is 0.690. The first kappa shape index (κ1) is 21.3. The second kappa shape index (κ2) is 8.51. The monoisotopic (exact) mass is 438 g/mol. The van der Waals surface area contributed by atoms with Crippen molar-refractivity contribution in [2.75, 3.05) is 29.1 Å². The van der Waals surface area contributed by atoms with Crippen LogP contribution in [0.5, 0.6) is 11.5 Å². The third-order valence-corrected chi connectivity index (χ3v) is 5.95. The van der Waals surface area contributed by atoms with Gasteiger partial charge in [0.25, 0.3) is 0 Å². The van der Waals surface area contributed by atoms with E-state index in [1.807, 2.05) is 0 Å². The van der Waals surface area contributed by atoms with Crippen LogP contribution in [0.1, 0.15) is 18.9 Å². The molecule has 1 atom stereocenters. The largest absolute Gasteiger partial charge is 0.486 e. The van der Waals surface area contributed by atoms with Gasteiger partial charge in [0.15, 0.2) is 11.5 Å². The number of benzene rings is 2. The molecule has 0 spiro atoms. The summed E-state index contributed by atoms with van der Waals surface area (Å²) in [6.45, 7) is 4.43. The number of aryl methyl sites for hydroxylation is 1. The SMILES string of the molecule is CC[C@@H](C(=O)Nc1ccc2c(c1)OCCO2)N(c1cc(Cl)ccc1C)S(C)(=O)=O. The van der Waals surface area contributed by atoms with Gasteiger partial charge in [-0.05, 0) is 43.2 Å². The Balaban J connectivity index is 1.92. The second-order valence-corrected chi connectivity index (χ2v) is 9.06. The Morgan fingerprint density at radius 1 is 1.17 bits per heavy atom. The maximum absolute atomic E-state index is 13.0. The van der Waals surface area contributed by atoms with Crippen LogP contribution >= 0.6 is 11.6 Å². The third kappa shape index (κ3) is 4.76. The van der Waals surface area contributed by atoms with Gasteiger partial charge in [0, 0.05) is 16.8 Å². The fourth-order valence-electron chi connectivity index (χ4n) is 3.20. The zero-order valence-electron chi connectivity index (χ0n) is 16.4. The first-order valence-electron chi connectivity index (χ1n) is 9.16. The molecule has 1 aliphatic rings. The van der Waals surface area contributed by atoms with E-state index >= 15 is 0 Å². The van der Waals surface area contributed by atoms with Crippen molar-refractivity contribution in [1.82, 2.24) is 0 Å². The van der Waals surface area contributed by atoms with E-state index in [1.54, 1.807) is 50.2 Å². The van der Waals surface area contributed by atoms with Gasteiger partial charge in [0.1, 0.15) is 19.3 Å². The number of hydrogen-bond acceptors (Lipinski definition) is 5. The molecule has 9 heteroatoms. The zero-order chi connectivity index (χ0) is 21.2. The molecule has 2 aromatic rings. The topological polar surface area (TPSA) is 84.9 Å². The van der Waals surface area contributed by atoms with E-state index < -0.39 is 22.0 Å². The highest BCUT2D eigenvalue weighted by molar-refractivity contribution is 7.92. The van der Waals surface area contributed by atoms with E-state index in [-0.39, 0.29) is 6.42 Å². The van der Waals surface area contributed by atoms with Gasteiger partial charge in [0.05, 0.1) is 11.9 Å². The normalized spacial score (nSPS) is 14.2. The molecule has 0 aromatic heterocycles. The van der Waals surface area contributed by atoms with Crippen molar-refractivity contribution in [1.29, 1.82) is 0 Å². The van der Waals surface area contributed by atoms with E-state index in [4.69, 9.17) is 21.1 Å².